The van der Waals surface area contributed by atoms with Crippen molar-refractivity contribution in [3.63, 3.8) is 0 Å². The lowest BCUT2D eigenvalue weighted by Gasteiger charge is -2.23. The maximum atomic E-state index is 13.6. The molecule has 0 unspecified atom stereocenters. The summed E-state index contributed by atoms with van der Waals surface area (Å²) in [6, 6.07) is 5.77. The molecule has 4 nitrogen and oxygen atoms in total. The largest absolute Gasteiger partial charge is 0.481 e. The topological polar surface area (TPSA) is 57.6 Å². The van der Waals surface area contributed by atoms with E-state index in [9.17, 15) is 19.1 Å². The Labute approximate surface area is 182 Å². The van der Waals surface area contributed by atoms with Gasteiger partial charge in [-0.2, -0.15) is 0 Å². The summed E-state index contributed by atoms with van der Waals surface area (Å²) in [6.45, 7) is 10.9. The molecule has 162 valence electrons. The number of hydrogen-bond acceptors (Lipinski definition) is 2. The Kier molecular flexibility index (Phi) is 6.74. The summed E-state index contributed by atoms with van der Waals surface area (Å²) in [6.07, 6.45) is 4.94. The predicted molar refractivity (Wildman–Crippen MR) is 121 cm³/mol. The van der Waals surface area contributed by atoms with Crippen LogP contribution in [0.3, 0.4) is 0 Å². The summed E-state index contributed by atoms with van der Waals surface area (Å²) in [5.41, 5.74) is 7.29. The predicted octanol–water partition coefficient (Wildman–Crippen LogP) is 4.90. The first-order valence-electron chi connectivity index (χ1n) is 10.5. The fourth-order valence-electron chi connectivity index (χ4n) is 4.62. The summed E-state index contributed by atoms with van der Waals surface area (Å²) in [7, 11) is 0. The summed E-state index contributed by atoms with van der Waals surface area (Å²) >= 11 is 0. The molecule has 3 rings (SSSR count). The highest BCUT2D eigenvalue weighted by Gasteiger charge is 2.26. The van der Waals surface area contributed by atoms with Crippen LogP contribution in [0.25, 0.3) is 5.57 Å². The third-order valence-electron chi connectivity index (χ3n) is 6.17. The van der Waals surface area contributed by atoms with E-state index < -0.39 is 11.8 Å². The molecule has 1 aliphatic heterocycles. The summed E-state index contributed by atoms with van der Waals surface area (Å²) in [5.74, 6) is -1.49. The Morgan fingerprint density at radius 1 is 1.16 bits per heavy atom. The van der Waals surface area contributed by atoms with E-state index in [-0.39, 0.29) is 12.3 Å². The van der Waals surface area contributed by atoms with Gasteiger partial charge < -0.3 is 10.0 Å². The first kappa shape index (κ1) is 22.5. The number of nitrogens with zero attached hydrogens (tertiary/aromatic N) is 1. The molecule has 1 N–H and O–H groups in total. The molecular weight excluding hydrogens is 393 g/mol. The first-order valence-corrected chi connectivity index (χ1v) is 10.5. The second-order valence-corrected chi connectivity index (χ2v) is 7.88. The molecule has 2 aromatic carbocycles. The standard InChI is InChI=1S/C26H28FNO3/c1-5-18(6-2)25-17(4)22-11-13-28(26(31)19-8-7-9-20(27)14-19)12-10-21(22)16(3)23(25)15-24(29)30/h5-9,14H,1,10-13,15H2,2-4H3,(H,29,30)/b18-6+. The quantitative estimate of drug-likeness (QED) is 0.699. The number of amides is 1. The molecule has 0 bridgehead atoms. The minimum Gasteiger partial charge on any atom is -0.481 e. The Hall–Kier alpha value is -3.21. The lowest BCUT2D eigenvalue weighted by molar-refractivity contribution is -0.136. The maximum absolute atomic E-state index is 13.6. The minimum absolute atomic E-state index is 0.0631. The number of carboxylic acid groups (broad SMARTS) is 1. The van der Waals surface area contributed by atoms with Gasteiger partial charge in [0, 0.05) is 18.7 Å². The van der Waals surface area contributed by atoms with Gasteiger partial charge in [-0.1, -0.05) is 24.8 Å². The molecule has 0 atom stereocenters. The lowest BCUT2D eigenvalue weighted by atomic mass is 9.81. The molecule has 2 aromatic rings. The molecule has 0 saturated carbocycles. The van der Waals surface area contributed by atoms with Gasteiger partial charge in [-0.3, -0.25) is 9.59 Å². The number of carbonyl (C=O) groups is 2. The zero-order chi connectivity index (χ0) is 22.7. The van der Waals surface area contributed by atoms with Crippen molar-refractivity contribution in [1.82, 2.24) is 4.90 Å². The van der Waals surface area contributed by atoms with Gasteiger partial charge in [0.2, 0.25) is 0 Å². The molecular formula is C26H28FNO3. The number of fused-ring (bicyclic) bond motifs is 1. The molecule has 1 amide bonds. The van der Waals surface area contributed by atoms with Crippen LogP contribution in [0, 0.1) is 19.7 Å². The Morgan fingerprint density at radius 2 is 1.81 bits per heavy atom. The normalized spacial score (nSPS) is 14.1. The second kappa shape index (κ2) is 9.29. The van der Waals surface area contributed by atoms with Gasteiger partial charge >= 0.3 is 5.97 Å². The number of rotatable bonds is 5. The molecule has 0 radical (unpaired) electrons. The van der Waals surface area contributed by atoms with Gasteiger partial charge in [-0.15, -0.1) is 0 Å². The van der Waals surface area contributed by atoms with Gasteiger partial charge in [0.1, 0.15) is 5.82 Å². The molecule has 0 spiro atoms. The lowest BCUT2D eigenvalue weighted by Crippen LogP contribution is -2.33. The molecule has 0 saturated heterocycles. The van der Waals surface area contributed by atoms with E-state index in [1.807, 2.05) is 26.8 Å². The number of allylic oxidation sites excluding steroid dienone is 3. The van der Waals surface area contributed by atoms with Gasteiger partial charge in [0.15, 0.2) is 0 Å². The Bertz CT molecular complexity index is 1080. The van der Waals surface area contributed by atoms with Crippen molar-refractivity contribution in [3.05, 3.63) is 87.8 Å². The number of hydrogen-bond donors (Lipinski definition) is 1. The van der Waals surface area contributed by atoms with E-state index in [2.05, 4.69) is 6.58 Å². The highest BCUT2D eigenvalue weighted by molar-refractivity contribution is 5.94. The summed E-state index contributed by atoms with van der Waals surface area (Å²) < 4.78 is 13.6. The van der Waals surface area contributed by atoms with Crippen LogP contribution in [0.1, 0.15) is 50.7 Å². The van der Waals surface area contributed by atoms with Crippen molar-refractivity contribution < 1.29 is 19.1 Å². The van der Waals surface area contributed by atoms with Crippen LogP contribution in [0.4, 0.5) is 4.39 Å². The molecule has 1 heterocycles. The Morgan fingerprint density at radius 3 is 2.35 bits per heavy atom. The second-order valence-electron chi connectivity index (χ2n) is 7.88. The monoisotopic (exact) mass is 421 g/mol. The number of carboxylic acids is 1. The van der Waals surface area contributed by atoms with E-state index in [0.29, 0.717) is 31.5 Å². The van der Waals surface area contributed by atoms with Gasteiger partial charge in [0.05, 0.1) is 6.42 Å². The van der Waals surface area contributed by atoms with Crippen LogP contribution in [0.15, 0.2) is 43.0 Å². The number of aliphatic carboxylic acids is 1. The zero-order valence-corrected chi connectivity index (χ0v) is 18.3. The fourth-order valence-corrected chi connectivity index (χ4v) is 4.62. The average molecular weight is 422 g/mol. The van der Waals surface area contributed by atoms with Crippen molar-refractivity contribution in [1.29, 1.82) is 0 Å². The first-order chi connectivity index (χ1) is 14.8. The Balaban J connectivity index is 2.05. The molecule has 0 aromatic heterocycles. The maximum Gasteiger partial charge on any atom is 0.307 e. The van der Waals surface area contributed by atoms with E-state index in [1.54, 1.807) is 23.1 Å². The van der Waals surface area contributed by atoms with Crippen molar-refractivity contribution in [2.24, 2.45) is 0 Å². The molecule has 0 fully saturated rings. The van der Waals surface area contributed by atoms with E-state index in [4.69, 9.17) is 0 Å². The SMILES string of the molecule is C=C/C(=C\C)c1c(C)c2c(c(C)c1CC(=O)O)CCN(C(=O)c1cccc(F)c1)CC2. The van der Waals surface area contributed by atoms with Crippen LogP contribution >= 0.6 is 0 Å². The zero-order valence-electron chi connectivity index (χ0n) is 18.3. The van der Waals surface area contributed by atoms with Crippen molar-refractivity contribution in [3.8, 4) is 0 Å². The number of halogens is 1. The van der Waals surface area contributed by atoms with Crippen LogP contribution in [0.5, 0.6) is 0 Å². The molecule has 0 aliphatic carbocycles. The smallest absolute Gasteiger partial charge is 0.307 e. The van der Waals surface area contributed by atoms with Crippen LogP contribution < -0.4 is 0 Å². The highest BCUT2D eigenvalue weighted by Crippen LogP contribution is 2.35. The van der Waals surface area contributed by atoms with E-state index in [1.165, 1.54) is 12.1 Å². The van der Waals surface area contributed by atoms with Crippen molar-refractivity contribution in [2.75, 3.05) is 13.1 Å². The summed E-state index contributed by atoms with van der Waals surface area (Å²) in [5, 5.41) is 9.53. The van der Waals surface area contributed by atoms with Crippen LogP contribution in [-0.2, 0) is 24.1 Å². The summed E-state index contributed by atoms with van der Waals surface area (Å²) in [4.78, 5) is 26.3. The van der Waals surface area contributed by atoms with Crippen LogP contribution in [0.2, 0.25) is 0 Å². The molecule has 1 aliphatic rings. The number of benzene rings is 2. The third-order valence-corrected chi connectivity index (χ3v) is 6.17. The fraction of sp³-hybridized carbons (Fsp3) is 0.308. The van der Waals surface area contributed by atoms with E-state index >= 15 is 0 Å². The van der Waals surface area contributed by atoms with Gasteiger partial charge in [-0.05, 0) is 90.8 Å². The molecule has 31 heavy (non-hydrogen) atoms. The van der Waals surface area contributed by atoms with Crippen molar-refractivity contribution in [2.45, 2.75) is 40.0 Å². The number of carbonyl (C=O) groups excluding carboxylic acids is 1. The van der Waals surface area contributed by atoms with Crippen molar-refractivity contribution >= 4 is 17.4 Å². The van der Waals surface area contributed by atoms with Crippen LogP contribution in [-0.4, -0.2) is 35.0 Å². The van der Waals surface area contributed by atoms with Gasteiger partial charge in [-0.25, -0.2) is 4.39 Å². The van der Waals surface area contributed by atoms with Gasteiger partial charge in [0.25, 0.3) is 5.91 Å². The molecule has 5 heteroatoms. The third kappa shape index (κ3) is 4.46. The highest BCUT2D eigenvalue weighted by atomic mass is 19.1. The van der Waals surface area contributed by atoms with E-state index in [0.717, 1.165) is 39.0 Å². The average Bonchev–Trinajstić information content (AvgIpc) is 2.97. The minimum atomic E-state index is -0.875.